The van der Waals surface area contributed by atoms with E-state index in [1.165, 1.54) is 18.2 Å². The molecule has 1 heterocycles. The topological polar surface area (TPSA) is 105 Å². The minimum atomic E-state index is -0.694. The van der Waals surface area contributed by atoms with Crippen LogP contribution in [0, 0.1) is 17.1 Å². The fourth-order valence-corrected chi connectivity index (χ4v) is 1.62. The number of halogens is 1. The standard InChI is InChI=1S/C12H9FN4O2/c13-10-7(4-14)2-1-3-8(10)5-17-6-9(15)11(18)16-12(17)19/h1-3,6H,5,15H2,(H,16,18,19). The highest BCUT2D eigenvalue weighted by Crippen LogP contribution is 2.12. The van der Waals surface area contributed by atoms with E-state index in [1.54, 1.807) is 6.07 Å². The highest BCUT2D eigenvalue weighted by molar-refractivity contribution is 5.35. The normalized spacial score (nSPS) is 10.1. The second-order valence-corrected chi connectivity index (χ2v) is 3.86. The lowest BCUT2D eigenvalue weighted by Crippen LogP contribution is -2.31. The van der Waals surface area contributed by atoms with Gasteiger partial charge in [0.15, 0.2) is 0 Å². The Morgan fingerprint density at radius 2 is 2.16 bits per heavy atom. The number of hydrogen-bond acceptors (Lipinski definition) is 4. The Morgan fingerprint density at radius 1 is 1.42 bits per heavy atom. The molecule has 1 aromatic heterocycles. The first-order chi connectivity index (χ1) is 9.02. The zero-order valence-electron chi connectivity index (χ0n) is 9.68. The van der Waals surface area contributed by atoms with Gasteiger partial charge in [-0.3, -0.25) is 14.3 Å². The first-order valence-corrected chi connectivity index (χ1v) is 5.29. The molecular weight excluding hydrogens is 251 g/mol. The second-order valence-electron chi connectivity index (χ2n) is 3.86. The number of aromatic nitrogens is 2. The second kappa shape index (κ2) is 4.78. The molecule has 6 nitrogen and oxygen atoms in total. The highest BCUT2D eigenvalue weighted by Gasteiger charge is 2.09. The van der Waals surface area contributed by atoms with E-state index in [9.17, 15) is 14.0 Å². The van der Waals surface area contributed by atoms with Crippen molar-refractivity contribution in [2.45, 2.75) is 6.54 Å². The van der Waals surface area contributed by atoms with Crippen molar-refractivity contribution in [3.05, 3.63) is 62.2 Å². The molecule has 0 radical (unpaired) electrons. The van der Waals surface area contributed by atoms with Crippen molar-refractivity contribution in [3.8, 4) is 6.07 Å². The number of nitrogens with one attached hydrogen (secondary N) is 1. The summed E-state index contributed by atoms with van der Waals surface area (Å²) in [5.41, 5.74) is 3.92. The van der Waals surface area contributed by atoms with Crippen LogP contribution in [0.4, 0.5) is 10.1 Å². The molecular formula is C12H9FN4O2. The summed E-state index contributed by atoms with van der Waals surface area (Å²) in [7, 11) is 0. The minimum Gasteiger partial charge on any atom is -0.393 e. The van der Waals surface area contributed by atoms with Crippen molar-refractivity contribution in [2.24, 2.45) is 0 Å². The quantitative estimate of drug-likeness (QED) is 0.803. The third-order valence-corrected chi connectivity index (χ3v) is 2.58. The van der Waals surface area contributed by atoms with Gasteiger partial charge in [0.05, 0.1) is 12.1 Å². The Hall–Kier alpha value is -2.88. The molecule has 19 heavy (non-hydrogen) atoms. The Labute approximate surface area is 106 Å². The number of aromatic amines is 1. The van der Waals surface area contributed by atoms with Crippen LogP contribution in [0.5, 0.6) is 0 Å². The summed E-state index contributed by atoms with van der Waals surface area (Å²) in [5.74, 6) is -0.693. The van der Waals surface area contributed by atoms with Gasteiger partial charge in [0.1, 0.15) is 17.6 Å². The molecule has 0 fully saturated rings. The number of rotatable bonds is 2. The number of benzene rings is 1. The molecule has 2 aromatic rings. The summed E-state index contributed by atoms with van der Waals surface area (Å²) >= 11 is 0. The highest BCUT2D eigenvalue weighted by atomic mass is 19.1. The summed E-state index contributed by atoms with van der Waals surface area (Å²) in [5, 5.41) is 8.72. The van der Waals surface area contributed by atoms with E-state index in [1.807, 2.05) is 4.98 Å². The molecule has 7 heteroatoms. The molecule has 0 saturated carbocycles. The monoisotopic (exact) mass is 260 g/mol. The van der Waals surface area contributed by atoms with Gasteiger partial charge in [0.2, 0.25) is 0 Å². The van der Waals surface area contributed by atoms with Crippen molar-refractivity contribution in [1.82, 2.24) is 9.55 Å². The molecule has 0 atom stereocenters. The van der Waals surface area contributed by atoms with E-state index in [-0.39, 0.29) is 23.4 Å². The van der Waals surface area contributed by atoms with Crippen LogP contribution in [0.3, 0.4) is 0 Å². The van der Waals surface area contributed by atoms with E-state index in [0.29, 0.717) is 0 Å². The molecule has 0 bridgehead atoms. The van der Waals surface area contributed by atoms with Gasteiger partial charge in [-0.2, -0.15) is 5.26 Å². The molecule has 1 aromatic carbocycles. The van der Waals surface area contributed by atoms with Crippen molar-refractivity contribution in [2.75, 3.05) is 5.73 Å². The Kier molecular flexibility index (Phi) is 3.16. The summed E-state index contributed by atoms with van der Waals surface area (Å²) in [6.07, 6.45) is 1.14. The first kappa shape index (κ1) is 12.6. The zero-order chi connectivity index (χ0) is 14.0. The molecule has 2 rings (SSSR count). The smallest absolute Gasteiger partial charge is 0.328 e. The van der Waals surface area contributed by atoms with Crippen molar-refractivity contribution in [3.63, 3.8) is 0 Å². The lowest BCUT2D eigenvalue weighted by Gasteiger charge is -2.07. The van der Waals surface area contributed by atoms with Gasteiger partial charge >= 0.3 is 5.69 Å². The lowest BCUT2D eigenvalue weighted by atomic mass is 10.1. The summed E-state index contributed by atoms with van der Waals surface area (Å²) in [6, 6.07) is 6.01. The maximum absolute atomic E-state index is 13.8. The third-order valence-electron chi connectivity index (χ3n) is 2.58. The molecule has 0 amide bonds. The van der Waals surface area contributed by atoms with Gasteiger partial charge in [0.25, 0.3) is 5.56 Å². The van der Waals surface area contributed by atoms with Crippen LogP contribution in [0.2, 0.25) is 0 Å². The average Bonchev–Trinajstić information content (AvgIpc) is 2.38. The van der Waals surface area contributed by atoms with Gasteiger partial charge in [-0.15, -0.1) is 0 Å². The van der Waals surface area contributed by atoms with Gasteiger partial charge in [-0.05, 0) is 6.07 Å². The fraction of sp³-hybridized carbons (Fsp3) is 0.0833. The minimum absolute atomic E-state index is 0.108. The maximum Gasteiger partial charge on any atom is 0.328 e. The van der Waals surface area contributed by atoms with Crippen LogP contribution in [-0.4, -0.2) is 9.55 Å². The first-order valence-electron chi connectivity index (χ1n) is 5.29. The molecule has 0 unspecified atom stereocenters. The molecule has 3 N–H and O–H groups in total. The van der Waals surface area contributed by atoms with Crippen molar-refractivity contribution >= 4 is 5.69 Å². The average molecular weight is 260 g/mol. The largest absolute Gasteiger partial charge is 0.393 e. The Balaban J connectivity index is 2.49. The number of hydrogen-bond donors (Lipinski definition) is 2. The lowest BCUT2D eigenvalue weighted by molar-refractivity contribution is 0.590. The SMILES string of the molecule is N#Cc1cccc(Cn2cc(N)c(=O)[nH]c2=O)c1F. The number of nitrogens with two attached hydrogens (primary N) is 1. The van der Waals surface area contributed by atoms with E-state index >= 15 is 0 Å². The number of nitrogen functional groups attached to an aromatic ring is 1. The number of nitrogens with zero attached hydrogens (tertiary/aromatic N) is 2. The molecule has 0 aliphatic rings. The number of nitriles is 1. The molecule has 0 spiro atoms. The number of anilines is 1. The molecule has 0 saturated heterocycles. The van der Waals surface area contributed by atoms with E-state index in [4.69, 9.17) is 11.0 Å². The van der Waals surface area contributed by atoms with Crippen molar-refractivity contribution < 1.29 is 4.39 Å². The predicted molar refractivity (Wildman–Crippen MR) is 66.0 cm³/mol. The number of H-pyrrole nitrogens is 1. The van der Waals surface area contributed by atoms with Crippen LogP contribution in [0.1, 0.15) is 11.1 Å². The Bertz CT molecular complexity index is 786. The van der Waals surface area contributed by atoms with Crippen molar-refractivity contribution in [1.29, 1.82) is 5.26 Å². The summed E-state index contributed by atoms with van der Waals surface area (Å²) in [4.78, 5) is 24.6. The van der Waals surface area contributed by atoms with Crippen LogP contribution in [0.15, 0.2) is 34.0 Å². The van der Waals surface area contributed by atoms with Crippen LogP contribution >= 0.6 is 0 Å². The van der Waals surface area contributed by atoms with Crippen LogP contribution in [-0.2, 0) is 6.54 Å². The molecule has 0 aliphatic carbocycles. The molecule has 0 aliphatic heterocycles. The maximum atomic E-state index is 13.8. The van der Waals surface area contributed by atoms with Gasteiger partial charge in [-0.25, -0.2) is 9.18 Å². The van der Waals surface area contributed by atoms with E-state index in [2.05, 4.69) is 0 Å². The predicted octanol–water partition coefficient (Wildman–Crippen LogP) is 0.178. The van der Waals surface area contributed by atoms with Crippen LogP contribution in [0.25, 0.3) is 0 Å². The summed E-state index contributed by atoms with van der Waals surface area (Å²) in [6.45, 7) is -0.124. The Morgan fingerprint density at radius 3 is 2.84 bits per heavy atom. The fourth-order valence-electron chi connectivity index (χ4n) is 1.62. The third kappa shape index (κ3) is 2.37. The van der Waals surface area contributed by atoms with E-state index < -0.39 is 17.1 Å². The zero-order valence-corrected chi connectivity index (χ0v) is 9.68. The van der Waals surface area contributed by atoms with Gasteiger partial charge in [0, 0.05) is 11.8 Å². The van der Waals surface area contributed by atoms with Gasteiger partial charge < -0.3 is 5.73 Å². The summed E-state index contributed by atoms with van der Waals surface area (Å²) < 4.78 is 14.9. The van der Waals surface area contributed by atoms with E-state index in [0.717, 1.165) is 10.8 Å². The van der Waals surface area contributed by atoms with Gasteiger partial charge in [-0.1, -0.05) is 12.1 Å². The molecule has 96 valence electrons. The van der Waals surface area contributed by atoms with Crippen LogP contribution < -0.4 is 17.0 Å².